The molecule has 9 atom stereocenters. The summed E-state index contributed by atoms with van der Waals surface area (Å²) in [7, 11) is 0. The molecule has 0 aliphatic carbocycles. The van der Waals surface area contributed by atoms with Crippen molar-refractivity contribution >= 4 is 5.91 Å². The zero-order valence-corrected chi connectivity index (χ0v) is 25.0. The van der Waals surface area contributed by atoms with E-state index >= 15 is 0 Å². The molecule has 11 nitrogen and oxygen atoms in total. The first kappa shape index (κ1) is 37.9. The molecule has 0 aromatic rings. The monoisotopic (exact) mass is 591 g/mol. The third-order valence-corrected chi connectivity index (χ3v) is 7.57. The van der Waals surface area contributed by atoms with Crippen LogP contribution < -0.4 is 5.32 Å². The molecule has 1 fully saturated rings. The van der Waals surface area contributed by atoms with Crippen LogP contribution in [0.1, 0.15) is 104 Å². The van der Waals surface area contributed by atoms with E-state index in [2.05, 4.69) is 31.3 Å². The van der Waals surface area contributed by atoms with E-state index < -0.39 is 74.2 Å². The van der Waals surface area contributed by atoms with Crippen LogP contribution in [0.2, 0.25) is 0 Å². The van der Waals surface area contributed by atoms with Crippen LogP contribution in [0, 0.1) is 0 Å². The van der Waals surface area contributed by atoms with Crippen LogP contribution >= 0.6 is 0 Å². The summed E-state index contributed by atoms with van der Waals surface area (Å²) in [6, 6.07) is -1.16. The number of rotatable bonds is 23. The highest BCUT2D eigenvalue weighted by Crippen LogP contribution is 2.23. The standard InChI is InChI=1S/C30H57NO10/c1-3-5-7-9-10-11-12-13-14-16-18-23(34)29(39)31-21(25(35)22(33)17-15-8-6-4-2)20-40-30-28(38)27(37)26(36)24(19-32)41-30/h9-10,21-28,30,32-38H,3-8,11-20H2,1-2H3,(H,31,39)/b10-9-. The van der Waals surface area contributed by atoms with Crippen LogP contribution in [-0.4, -0.2) is 110 Å². The molecule has 0 aromatic heterocycles. The molecular formula is C30H57NO10. The lowest BCUT2D eigenvalue weighted by atomic mass is 9.98. The first-order valence-corrected chi connectivity index (χ1v) is 15.6. The van der Waals surface area contributed by atoms with Gasteiger partial charge in [-0.25, -0.2) is 0 Å². The summed E-state index contributed by atoms with van der Waals surface area (Å²) < 4.78 is 10.9. The molecule has 9 unspecified atom stereocenters. The van der Waals surface area contributed by atoms with Crippen molar-refractivity contribution in [2.24, 2.45) is 0 Å². The number of carbonyl (C=O) groups excluding carboxylic acids is 1. The van der Waals surface area contributed by atoms with Gasteiger partial charge in [-0.15, -0.1) is 0 Å². The molecule has 1 rings (SSSR count). The Balaban J connectivity index is 2.65. The molecule has 1 amide bonds. The van der Waals surface area contributed by atoms with E-state index in [1.807, 2.05) is 0 Å². The van der Waals surface area contributed by atoms with E-state index in [0.717, 1.165) is 51.4 Å². The zero-order chi connectivity index (χ0) is 30.6. The SMILES string of the molecule is CCCC/C=C\CCCCCCC(O)C(=O)NC(COC1OC(CO)C(O)C(O)C1O)C(O)C(O)CCCCCC. The van der Waals surface area contributed by atoms with Gasteiger partial charge in [-0.05, 0) is 32.1 Å². The maximum Gasteiger partial charge on any atom is 0.249 e. The predicted molar refractivity (Wildman–Crippen MR) is 155 cm³/mol. The van der Waals surface area contributed by atoms with Crippen molar-refractivity contribution in [3.8, 4) is 0 Å². The average molecular weight is 592 g/mol. The molecular weight excluding hydrogens is 534 g/mol. The van der Waals surface area contributed by atoms with Gasteiger partial charge in [0.25, 0.3) is 0 Å². The van der Waals surface area contributed by atoms with Crippen LogP contribution in [0.4, 0.5) is 0 Å². The van der Waals surface area contributed by atoms with Crippen molar-refractivity contribution in [3.63, 3.8) is 0 Å². The summed E-state index contributed by atoms with van der Waals surface area (Å²) >= 11 is 0. The van der Waals surface area contributed by atoms with Gasteiger partial charge in [-0.1, -0.05) is 83.8 Å². The van der Waals surface area contributed by atoms with Gasteiger partial charge in [-0.3, -0.25) is 4.79 Å². The van der Waals surface area contributed by atoms with Crippen LogP contribution in [0.5, 0.6) is 0 Å². The number of hydrogen-bond donors (Lipinski definition) is 8. The average Bonchev–Trinajstić information content (AvgIpc) is 2.97. The normalized spacial score (nSPS) is 26.1. The van der Waals surface area contributed by atoms with Gasteiger partial charge >= 0.3 is 0 Å². The van der Waals surface area contributed by atoms with Crippen LogP contribution in [0.25, 0.3) is 0 Å². The molecule has 1 saturated heterocycles. The molecule has 8 N–H and O–H groups in total. The minimum absolute atomic E-state index is 0.244. The Labute approximate surface area is 245 Å². The lowest BCUT2D eigenvalue weighted by molar-refractivity contribution is -0.303. The predicted octanol–water partition coefficient (Wildman–Crippen LogP) is 1.43. The van der Waals surface area contributed by atoms with Crippen LogP contribution in [-0.2, 0) is 14.3 Å². The Morgan fingerprint density at radius 1 is 0.829 bits per heavy atom. The van der Waals surface area contributed by atoms with E-state index in [1.54, 1.807) is 0 Å². The molecule has 1 aliphatic heterocycles. The smallest absolute Gasteiger partial charge is 0.249 e. The second-order valence-corrected chi connectivity index (χ2v) is 11.2. The highest BCUT2D eigenvalue weighted by molar-refractivity contribution is 5.80. The Morgan fingerprint density at radius 3 is 2.10 bits per heavy atom. The van der Waals surface area contributed by atoms with Gasteiger partial charge in [0.05, 0.1) is 25.4 Å². The summed E-state index contributed by atoms with van der Waals surface area (Å²) in [5.41, 5.74) is 0. The largest absolute Gasteiger partial charge is 0.394 e. The van der Waals surface area contributed by atoms with Gasteiger partial charge in [0.15, 0.2) is 6.29 Å². The Kier molecular flexibility index (Phi) is 20.7. The third-order valence-electron chi connectivity index (χ3n) is 7.57. The number of amides is 1. The number of nitrogens with one attached hydrogen (secondary N) is 1. The zero-order valence-electron chi connectivity index (χ0n) is 25.0. The Morgan fingerprint density at radius 2 is 1.44 bits per heavy atom. The number of aliphatic hydroxyl groups is 7. The van der Waals surface area contributed by atoms with Gasteiger partial charge in [0, 0.05) is 0 Å². The van der Waals surface area contributed by atoms with Crippen LogP contribution in [0.15, 0.2) is 12.2 Å². The minimum Gasteiger partial charge on any atom is -0.394 e. The molecule has 242 valence electrons. The summed E-state index contributed by atoms with van der Waals surface area (Å²) in [5.74, 6) is -0.719. The number of unbranched alkanes of at least 4 members (excludes halogenated alkanes) is 9. The van der Waals surface area contributed by atoms with Crippen molar-refractivity contribution in [2.45, 2.75) is 159 Å². The Bertz CT molecular complexity index is 694. The highest BCUT2D eigenvalue weighted by atomic mass is 16.7. The maximum atomic E-state index is 12.8. The van der Waals surface area contributed by atoms with Crippen LogP contribution in [0.3, 0.4) is 0 Å². The number of allylic oxidation sites excluding steroid dienone is 2. The minimum atomic E-state index is -1.65. The van der Waals surface area contributed by atoms with E-state index in [-0.39, 0.29) is 6.42 Å². The van der Waals surface area contributed by atoms with Gasteiger partial charge < -0.3 is 50.5 Å². The quantitative estimate of drug-likeness (QED) is 0.0637. The van der Waals surface area contributed by atoms with E-state index in [4.69, 9.17) is 9.47 Å². The van der Waals surface area contributed by atoms with Crippen molar-refractivity contribution in [3.05, 3.63) is 12.2 Å². The number of ether oxygens (including phenoxy) is 2. The van der Waals surface area contributed by atoms with Gasteiger partial charge in [0.2, 0.25) is 5.91 Å². The molecule has 0 radical (unpaired) electrons. The number of hydrogen-bond acceptors (Lipinski definition) is 10. The third kappa shape index (κ3) is 14.7. The second kappa shape index (κ2) is 22.4. The van der Waals surface area contributed by atoms with E-state index in [0.29, 0.717) is 19.3 Å². The summed E-state index contributed by atoms with van der Waals surface area (Å²) in [4.78, 5) is 12.8. The first-order valence-electron chi connectivity index (χ1n) is 15.6. The molecule has 0 spiro atoms. The van der Waals surface area contributed by atoms with E-state index in [9.17, 15) is 40.5 Å². The molecule has 0 aromatic carbocycles. The van der Waals surface area contributed by atoms with Crippen molar-refractivity contribution in [1.29, 1.82) is 0 Å². The summed E-state index contributed by atoms with van der Waals surface area (Å²) in [5, 5.41) is 74.1. The molecule has 0 saturated carbocycles. The molecule has 0 bridgehead atoms. The maximum absolute atomic E-state index is 12.8. The molecule has 11 heteroatoms. The molecule has 1 aliphatic rings. The number of aliphatic hydroxyl groups excluding tert-OH is 7. The fourth-order valence-corrected chi connectivity index (χ4v) is 4.77. The van der Waals surface area contributed by atoms with Crippen molar-refractivity contribution < 1.29 is 50.0 Å². The lowest BCUT2D eigenvalue weighted by Gasteiger charge is -2.40. The first-order chi connectivity index (χ1) is 19.7. The van der Waals surface area contributed by atoms with E-state index in [1.165, 1.54) is 12.8 Å². The van der Waals surface area contributed by atoms with Crippen molar-refractivity contribution in [2.75, 3.05) is 13.2 Å². The lowest BCUT2D eigenvalue weighted by Crippen LogP contribution is -2.60. The summed E-state index contributed by atoms with van der Waals surface area (Å²) in [6.07, 6.45) is 5.15. The number of carbonyl (C=O) groups is 1. The fraction of sp³-hybridized carbons (Fsp3) is 0.900. The molecule has 41 heavy (non-hydrogen) atoms. The van der Waals surface area contributed by atoms with Crippen molar-refractivity contribution in [1.82, 2.24) is 5.32 Å². The molecule has 1 heterocycles. The highest BCUT2D eigenvalue weighted by Gasteiger charge is 2.44. The van der Waals surface area contributed by atoms with Gasteiger partial charge in [0.1, 0.15) is 36.6 Å². The fourth-order valence-electron chi connectivity index (χ4n) is 4.77. The topological polar surface area (TPSA) is 189 Å². The summed E-state index contributed by atoms with van der Waals surface area (Å²) in [6.45, 7) is 3.17. The van der Waals surface area contributed by atoms with Gasteiger partial charge in [-0.2, -0.15) is 0 Å². The Hall–Kier alpha value is -1.15. The second-order valence-electron chi connectivity index (χ2n) is 11.2.